The number of carboxylic acids is 1. The molecule has 0 spiro atoms. The van der Waals surface area contributed by atoms with E-state index in [1.807, 2.05) is 6.92 Å². The second-order valence-corrected chi connectivity index (χ2v) is 4.06. The fourth-order valence-corrected chi connectivity index (χ4v) is 1.60. The first-order valence-corrected chi connectivity index (χ1v) is 6.33. The quantitative estimate of drug-likeness (QED) is 0.573. The molecule has 2 amide bonds. The summed E-state index contributed by atoms with van der Waals surface area (Å²) in [5.74, 6) is -2.31. The molecule has 0 atom stereocenters. The van der Waals surface area contributed by atoms with Crippen molar-refractivity contribution in [3.63, 3.8) is 0 Å². The summed E-state index contributed by atoms with van der Waals surface area (Å²) in [6, 6.07) is 3.14. The summed E-state index contributed by atoms with van der Waals surface area (Å²) in [4.78, 5) is 22.5. The lowest BCUT2D eigenvalue weighted by molar-refractivity contribution is 0.0693. The smallest absolute Gasteiger partial charge is 0.340 e. The van der Waals surface area contributed by atoms with Crippen LogP contribution in [0.3, 0.4) is 0 Å². The van der Waals surface area contributed by atoms with Gasteiger partial charge in [0.15, 0.2) is 0 Å². The van der Waals surface area contributed by atoms with Crippen LogP contribution < -0.4 is 16.0 Å². The van der Waals surface area contributed by atoms with Crippen LogP contribution in [0, 0.1) is 5.82 Å². The van der Waals surface area contributed by atoms with E-state index in [0.29, 0.717) is 6.54 Å². The minimum absolute atomic E-state index is 0.0679. The molecular weight excluding hydrogens is 265 g/mol. The second-order valence-electron chi connectivity index (χ2n) is 4.06. The third-order valence-electron chi connectivity index (χ3n) is 2.54. The Morgan fingerprint density at radius 3 is 2.70 bits per heavy atom. The summed E-state index contributed by atoms with van der Waals surface area (Å²) in [6.45, 7) is 4.06. The lowest BCUT2D eigenvalue weighted by atomic mass is 10.1. The molecule has 20 heavy (non-hydrogen) atoms. The second kappa shape index (κ2) is 8.11. The predicted octanol–water partition coefficient (Wildman–Crippen LogP) is 1.64. The van der Waals surface area contributed by atoms with Crippen LogP contribution in [0.15, 0.2) is 18.2 Å². The molecular formula is C13H18FN3O3. The van der Waals surface area contributed by atoms with E-state index >= 15 is 0 Å². The Hall–Kier alpha value is -2.15. The highest BCUT2D eigenvalue weighted by Crippen LogP contribution is 2.18. The molecule has 1 aromatic rings. The minimum atomic E-state index is -1.43. The van der Waals surface area contributed by atoms with Crippen LogP contribution in [0.4, 0.5) is 14.9 Å². The molecule has 1 aromatic carbocycles. The van der Waals surface area contributed by atoms with Crippen molar-refractivity contribution < 1.29 is 19.1 Å². The van der Waals surface area contributed by atoms with Crippen molar-refractivity contribution in [2.75, 3.05) is 25.0 Å². The van der Waals surface area contributed by atoms with Crippen molar-refractivity contribution >= 4 is 17.7 Å². The molecule has 0 aliphatic heterocycles. The first-order chi connectivity index (χ1) is 9.56. The molecule has 0 aliphatic carbocycles. The maximum absolute atomic E-state index is 13.4. The molecule has 0 saturated carbocycles. The minimum Gasteiger partial charge on any atom is -0.478 e. The molecule has 0 unspecified atom stereocenters. The molecule has 1 rings (SSSR count). The number of rotatable bonds is 7. The number of carbonyl (C=O) groups is 2. The number of urea groups is 1. The number of nitrogens with one attached hydrogen (secondary N) is 3. The largest absolute Gasteiger partial charge is 0.478 e. The number of carbonyl (C=O) groups excluding carboxylic acids is 1. The molecule has 0 heterocycles. The van der Waals surface area contributed by atoms with Gasteiger partial charge in [-0.05, 0) is 31.6 Å². The van der Waals surface area contributed by atoms with Crippen molar-refractivity contribution in [3.05, 3.63) is 29.6 Å². The summed E-state index contributed by atoms with van der Waals surface area (Å²) in [5, 5.41) is 16.9. The maximum Gasteiger partial charge on any atom is 0.340 e. The third-order valence-corrected chi connectivity index (χ3v) is 2.54. The Morgan fingerprint density at radius 2 is 2.05 bits per heavy atom. The van der Waals surface area contributed by atoms with Crippen molar-refractivity contribution in [2.24, 2.45) is 0 Å². The molecule has 7 heteroatoms. The summed E-state index contributed by atoms with van der Waals surface area (Å²) >= 11 is 0. The highest BCUT2D eigenvalue weighted by molar-refractivity contribution is 6.00. The highest BCUT2D eigenvalue weighted by atomic mass is 19.1. The number of anilines is 1. The van der Waals surface area contributed by atoms with E-state index in [1.54, 1.807) is 0 Å². The first-order valence-electron chi connectivity index (χ1n) is 6.33. The Labute approximate surface area is 116 Å². The zero-order valence-corrected chi connectivity index (χ0v) is 11.2. The molecule has 4 N–H and O–H groups in total. The Balaban J connectivity index is 2.54. The standard InChI is InChI=1S/C13H18FN3O3/c1-2-15-7-4-8-16-13(20)17-10-6-3-5-9(14)11(10)12(18)19/h3,5-6,15H,2,4,7-8H2,1H3,(H,18,19)(H2,16,17,20). The lowest BCUT2D eigenvalue weighted by Gasteiger charge is -2.10. The van der Waals surface area contributed by atoms with Gasteiger partial charge in [0.05, 0.1) is 5.69 Å². The van der Waals surface area contributed by atoms with E-state index in [0.717, 1.165) is 25.6 Å². The average Bonchev–Trinajstić information content (AvgIpc) is 2.38. The van der Waals surface area contributed by atoms with E-state index in [9.17, 15) is 14.0 Å². The summed E-state index contributed by atoms with van der Waals surface area (Å²) in [7, 11) is 0. The van der Waals surface area contributed by atoms with Gasteiger partial charge in [-0.15, -0.1) is 0 Å². The van der Waals surface area contributed by atoms with Crippen LogP contribution >= 0.6 is 0 Å². The number of amides is 2. The van der Waals surface area contributed by atoms with Crippen LogP contribution in [0.2, 0.25) is 0 Å². The summed E-state index contributed by atoms with van der Waals surface area (Å²) in [6.07, 6.45) is 0.746. The number of benzene rings is 1. The highest BCUT2D eigenvalue weighted by Gasteiger charge is 2.16. The number of halogens is 1. The van der Waals surface area contributed by atoms with E-state index in [1.165, 1.54) is 12.1 Å². The van der Waals surface area contributed by atoms with Gasteiger partial charge in [-0.2, -0.15) is 0 Å². The Bertz CT molecular complexity index is 480. The number of hydrogen-bond acceptors (Lipinski definition) is 3. The predicted molar refractivity (Wildman–Crippen MR) is 73.5 cm³/mol. The van der Waals surface area contributed by atoms with Gasteiger partial charge in [0.2, 0.25) is 0 Å². The SMILES string of the molecule is CCNCCCNC(=O)Nc1cccc(F)c1C(=O)O. The van der Waals surface area contributed by atoms with E-state index in [2.05, 4.69) is 16.0 Å². The van der Waals surface area contributed by atoms with Gasteiger partial charge in [-0.1, -0.05) is 13.0 Å². The molecule has 0 radical (unpaired) electrons. The summed E-state index contributed by atoms with van der Waals surface area (Å²) in [5.41, 5.74) is -0.614. The van der Waals surface area contributed by atoms with Crippen LogP contribution in [0.1, 0.15) is 23.7 Å². The number of carboxylic acid groups (broad SMARTS) is 1. The zero-order valence-electron chi connectivity index (χ0n) is 11.2. The normalized spacial score (nSPS) is 10.1. The van der Waals surface area contributed by atoms with E-state index in [-0.39, 0.29) is 5.69 Å². The molecule has 0 fully saturated rings. The topological polar surface area (TPSA) is 90.5 Å². The summed E-state index contributed by atoms with van der Waals surface area (Å²) < 4.78 is 13.4. The molecule has 0 saturated heterocycles. The van der Waals surface area contributed by atoms with Gasteiger partial charge in [-0.3, -0.25) is 0 Å². The van der Waals surface area contributed by atoms with Gasteiger partial charge in [-0.25, -0.2) is 14.0 Å². The van der Waals surface area contributed by atoms with Crippen LogP contribution in [0.25, 0.3) is 0 Å². The van der Waals surface area contributed by atoms with Crippen molar-refractivity contribution in [1.29, 1.82) is 0 Å². The van der Waals surface area contributed by atoms with Gasteiger partial charge in [0, 0.05) is 6.54 Å². The van der Waals surface area contributed by atoms with Crippen molar-refractivity contribution in [3.8, 4) is 0 Å². The fraction of sp³-hybridized carbons (Fsp3) is 0.385. The van der Waals surface area contributed by atoms with Gasteiger partial charge < -0.3 is 21.1 Å². The number of hydrogen-bond donors (Lipinski definition) is 4. The Kier molecular flexibility index (Phi) is 6.45. The van der Waals surface area contributed by atoms with Crippen molar-refractivity contribution in [1.82, 2.24) is 10.6 Å². The van der Waals surface area contributed by atoms with Crippen molar-refractivity contribution in [2.45, 2.75) is 13.3 Å². The lowest BCUT2D eigenvalue weighted by Crippen LogP contribution is -2.31. The molecule has 0 aliphatic rings. The Morgan fingerprint density at radius 1 is 1.30 bits per heavy atom. The monoisotopic (exact) mass is 283 g/mol. The van der Waals surface area contributed by atoms with Crippen LogP contribution in [-0.2, 0) is 0 Å². The third kappa shape index (κ3) is 4.85. The first kappa shape index (κ1) is 15.9. The maximum atomic E-state index is 13.4. The van der Waals surface area contributed by atoms with E-state index in [4.69, 9.17) is 5.11 Å². The van der Waals surface area contributed by atoms with E-state index < -0.39 is 23.4 Å². The average molecular weight is 283 g/mol. The fourth-order valence-electron chi connectivity index (χ4n) is 1.60. The molecule has 0 bridgehead atoms. The zero-order chi connectivity index (χ0) is 15.0. The molecule has 6 nitrogen and oxygen atoms in total. The van der Waals surface area contributed by atoms with Crippen LogP contribution in [0.5, 0.6) is 0 Å². The number of aromatic carboxylic acids is 1. The molecule has 110 valence electrons. The van der Waals surface area contributed by atoms with Gasteiger partial charge in [0.1, 0.15) is 11.4 Å². The van der Waals surface area contributed by atoms with Gasteiger partial charge in [0.25, 0.3) is 0 Å². The molecule has 0 aromatic heterocycles. The van der Waals surface area contributed by atoms with Gasteiger partial charge >= 0.3 is 12.0 Å². The van der Waals surface area contributed by atoms with Crippen LogP contribution in [-0.4, -0.2) is 36.7 Å².